The van der Waals surface area contributed by atoms with Crippen LogP contribution in [0.25, 0.3) is 33.4 Å². The van der Waals surface area contributed by atoms with E-state index in [0.717, 1.165) is 38.9 Å². The summed E-state index contributed by atoms with van der Waals surface area (Å²) >= 11 is 0. The van der Waals surface area contributed by atoms with Crippen LogP contribution in [0.1, 0.15) is 19.4 Å². The third kappa shape index (κ3) is 3.46. The maximum atomic E-state index is 6.18. The van der Waals surface area contributed by atoms with Crippen LogP contribution >= 0.6 is 24.8 Å². The zero-order valence-electron chi connectivity index (χ0n) is 14.4. The van der Waals surface area contributed by atoms with Crippen LogP contribution in [0.2, 0.25) is 0 Å². The molecular formula is C19H20Cl2N4O. The molecular weight excluding hydrogens is 371 g/mol. The van der Waals surface area contributed by atoms with Crippen molar-refractivity contribution in [2.75, 3.05) is 0 Å². The van der Waals surface area contributed by atoms with Crippen LogP contribution in [0.3, 0.4) is 0 Å². The number of aromatic nitrogens is 3. The minimum absolute atomic E-state index is 0. The lowest BCUT2D eigenvalue weighted by atomic mass is 9.91. The summed E-state index contributed by atoms with van der Waals surface area (Å²) < 4.78 is 5.56. The SMILES string of the molecule is CC(C)(N)c1ccc(-c2ccc3[nH]ncc3c2-c2cnco2)cc1.Cl.Cl. The van der Waals surface area contributed by atoms with Crippen molar-refractivity contribution in [3.8, 4) is 22.5 Å². The van der Waals surface area contributed by atoms with E-state index in [0.29, 0.717) is 0 Å². The number of hydrogen-bond acceptors (Lipinski definition) is 4. The highest BCUT2D eigenvalue weighted by atomic mass is 35.5. The van der Waals surface area contributed by atoms with Gasteiger partial charge in [0.25, 0.3) is 0 Å². The van der Waals surface area contributed by atoms with Gasteiger partial charge >= 0.3 is 0 Å². The Morgan fingerprint density at radius 3 is 2.35 bits per heavy atom. The zero-order valence-corrected chi connectivity index (χ0v) is 16.0. The standard InChI is InChI=1S/C19H18N4O.2ClH/c1-19(2,20)13-5-3-12(4-6-13)14-7-8-16-15(9-22-23-16)18(14)17-10-21-11-24-17;;/h3-11H,20H2,1-2H3,(H,22,23);2*1H. The molecule has 0 fully saturated rings. The number of nitrogens with two attached hydrogens (primary N) is 1. The zero-order chi connectivity index (χ0) is 16.7. The van der Waals surface area contributed by atoms with Crippen LogP contribution in [0.15, 0.2) is 59.6 Å². The molecule has 136 valence electrons. The van der Waals surface area contributed by atoms with Gasteiger partial charge in [-0.05, 0) is 36.6 Å². The molecule has 0 saturated carbocycles. The molecule has 0 amide bonds. The average Bonchev–Trinajstić information content (AvgIpc) is 3.24. The Bertz CT molecular complexity index is 987. The lowest BCUT2D eigenvalue weighted by molar-refractivity contribution is 0.554. The topological polar surface area (TPSA) is 80.7 Å². The lowest BCUT2D eigenvalue weighted by Gasteiger charge is -2.19. The molecule has 0 atom stereocenters. The van der Waals surface area contributed by atoms with Crippen LogP contribution < -0.4 is 5.73 Å². The van der Waals surface area contributed by atoms with E-state index in [9.17, 15) is 0 Å². The van der Waals surface area contributed by atoms with Gasteiger partial charge in [-0.2, -0.15) is 5.10 Å². The molecule has 0 aliphatic rings. The molecule has 5 nitrogen and oxygen atoms in total. The van der Waals surface area contributed by atoms with E-state index < -0.39 is 0 Å². The van der Waals surface area contributed by atoms with Crippen molar-refractivity contribution in [3.05, 3.63) is 60.7 Å². The highest BCUT2D eigenvalue weighted by molar-refractivity contribution is 6.01. The quantitative estimate of drug-likeness (QED) is 0.519. The molecule has 0 radical (unpaired) electrons. The Labute approximate surface area is 163 Å². The summed E-state index contributed by atoms with van der Waals surface area (Å²) in [7, 11) is 0. The number of oxazole rings is 1. The fourth-order valence-electron chi connectivity index (χ4n) is 2.94. The maximum Gasteiger partial charge on any atom is 0.181 e. The summed E-state index contributed by atoms with van der Waals surface area (Å²) in [5.41, 5.74) is 11.0. The number of nitrogens with one attached hydrogen (secondary N) is 1. The van der Waals surface area contributed by atoms with Crippen molar-refractivity contribution in [2.24, 2.45) is 5.73 Å². The first-order valence-electron chi connectivity index (χ1n) is 7.79. The highest BCUT2D eigenvalue weighted by Gasteiger charge is 2.17. The van der Waals surface area contributed by atoms with Crippen molar-refractivity contribution in [1.82, 2.24) is 15.2 Å². The predicted molar refractivity (Wildman–Crippen MR) is 109 cm³/mol. The van der Waals surface area contributed by atoms with E-state index >= 15 is 0 Å². The Kier molecular flexibility index (Phi) is 5.76. The Morgan fingerprint density at radius 2 is 1.73 bits per heavy atom. The fraction of sp³-hybridized carbons (Fsp3) is 0.158. The summed E-state index contributed by atoms with van der Waals surface area (Å²) in [6.07, 6.45) is 4.98. The summed E-state index contributed by atoms with van der Waals surface area (Å²) in [6, 6.07) is 12.4. The van der Waals surface area contributed by atoms with Gasteiger partial charge in [0.15, 0.2) is 12.2 Å². The predicted octanol–water partition coefficient (Wildman–Crippen LogP) is 4.92. The van der Waals surface area contributed by atoms with E-state index in [2.05, 4.69) is 45.5 Å². The van der Waals surface area contributed by atoms with Crippen molar-refractivity contribution in [1.29, 1.82) is 0 Å². The first-order valence-corrected chi connectivity index (χ1v) is 7.79. The van der Waals surface area contributed by atoms with Crippen molar-refractivity contribution in [2.45, 2.75) is 19.4 Å². The van der Waals surface area contributed by atoms with Crippen LogP contribution in [0, 0.1) is 0 Å². The van der Waals surface area contributed by atoms with Crippen LogP contribution in [0.4, 0.5) is 0 Å². The number of H-pyrrole nitrogens is 1. The molecule has 26 heavy (non-hydrogen) atoms. The van der Waals surface area contributed by atoms with E-state index in [1.807, 2.05) is 26.1 Å². The molecule has 7 heteroatoms. The fourth-order valence-corrected chi connectivity index (χ4v) is 2.94. The lowest BCUT2D eigenvalue weighted by Crippen LogP contribution is -2.28. The van der Waals surface area contributed by atoms with E-state index in [-0.39, 0.29) is 30.4 Å². The van der Waals surface area contributed by atoms with Gasteiger partial charge in [0.1, 0.15) is 0 Å². The van der Waals surface area contributed by atoms with Crippen LogP contribution in [0.5, 0.6) is 0 Å². The summed E-state index contributed by atoms with van der Waals surface area (Å²) in [5.74, 6) is 0.722. The molecule has 3 N–H and O–H groups in total. The number of rotatable bonds is 3. The molecule has 2 heterocycles. The number of aromatic amines is 1. The average molecular weight is 391 g/mol. The van der Waals surface area contributed by atoms with E-state index in [1.54, 1.807) is 6.20 Å². The van der Waals surface area contributed by atoms with E-state index in [1.165, 1.54) is 6.39 Å². The number of fused-ring (bicyclic) bond motifs is 1. The third-order valence-electron chi connectivity index (χ3n) is 4.24. The first-order chi connectivity index (χ1) is 11.5. The van der Waals surface area contributed by atoms with E-state index in [4.69, 9.17) is 10.2 Å². The number of nitrogens with zero attached hydrogens (tertiary/aromatic N) is 2. The molecule has 0 aliphatic heterocycles. The van der Waals surface area contributed by atoms with Gasteiger partial charge in [0.05, 0.1) is 17.9 Å². The molecule has 0 bridgehead atoms. The Morgan fingerprint density at radius 1 is 1.00 bits per heavy atom. The van der Waals surface area contributed by atoms with Gasteiger partial charge < -0.3 is 10.2 Å². The first kappa shape index (κ1) is 20.0. The van der Waals surface area contributed by atoms with Crippen molar-refractivity contribution >= 4 is 35.7 Å². The van der Waals surface area contributed by atoms with Crippen molar-refractivity contribution < 1.29 is 4.42 Å². The molecule has 0 unspecified atom stereocenters. The summed E-state index contributed by atoms with van der Waals surface area (Å²) in [6.45, 7) is 4.00. The highest BCUT2D eigenvalue weighted by Crippen LogP contribution is 2.37. The second-order valence-electron chi connectivity index (χ2n) is 6.48. The molecule has 2 aromatic carbocycles. The normalized spacial score (nSPS) is 11.0. The molecule has 0 spiro atoms. The smallest absolute Gasteiger partial charge is 0.181 e. The minimum atomic E-state index is -0.360. The molecule has 2 aromatic heterocycles. The van der Waals surface area contributed by atoms with Crippen molar-refractivity contribution in [3.63, 3.8) is 0 Å². The van der Waals surface area contributed by atoms with Gasteiger partial charge in [-0.1, -0.05) is 30.3 Å². The second kappa shape index (κ2) is 7.50. The Balaban J connectivity index is 0.00000121. The number of hydrogen-bond donors (Lipinski definition) is 2. The van der Waals surface area contributed by atoms with Gasteiger partial charge in [0.2, 0.25) is 0 Å². The molecule has 0 saturated heterocycles. The minimum Gasteiger partial charge on any atom is -0.443 e. The van der Waals surface area contributed by atoms with Crippen LogP contribution in [-0.4, -0.2) is 15.2 Å². The molecule has 0 aliphatic carbocycles. The summed E-state index contributed by atoms with van der Waals surface area (Å²) in [5, 5.41) is 8.16. The monoisotopic (exact) mass is 390 g/mol. The van der Waals surface area contributed by atoms with Gasteiger partial charge in [0, 0.05) is 16.5 Å². The summed E-state index contributed by atoms with van der Waals surface area (Å²) in [4.78, 5) is 4.06. The van der Waals surface area contributed by atoms with Gasteiger partial charge in [-0.15, -0.1) is 24.8 Å². The van der Waals surface area contributed by atoms with Gasteiger partial charge in [-0.25, -0.2) is 4.98 Å². The van der Waals surface area contributed by atoms with Gasteiger partial charge in [-0.3, -0.25) is 5.10 Å². The number of benzene rings is 2. The molecule has 4 rings (SSSR count). The van der Waals surface area contributed by atoms with Crippen LogP contribution in [-0.2, 0) is 5.54 Å². The molecule has 4 aromatic rings. The second-order valence-corrected chi connectivity index (χ2v) is 6.48. The Hall–Kier alpha value is -2.34. The third-order valence-corrected chi connectivity index (χ3v) is 4.24. The number of halogens is 2. The largest absolute Gasteiger partial charge is 0.443 e. The maximum absolute atomic E-state index is 6.18.